The van der Waals surface area contributed by atoms with Crippen molar-refractivity contribution >= 4 is 11.9 Å². The van der Waals surface area contributed by atoms with Crippen molar-refractivity contribution in [2.75, 3.05) is 57.4 Å². The molecule has 1 aromatic rings. The molecule has 2 unspecified atom stereocenters. The fraction of sp³-hybridized carbons (Fsp3) is 0.852. The number of anilines is 1. The number of likely N-dealkylation sites (tertiary alicyclic amines) is 1. The standard InChI is InChI=1S/C27H47N5O3/c1-7-27(6)19-22(20-29-14-16-34-17-15-29)8-13-31(27)24-18-21(2)32(28-24)23-9-11-30(12-10-23)25(33)35-26(3,4)5/h18,22-23H,7-17,19-20H2,1-6H3. The second-order valence-electron chi connectivity index (χ2n) is 12.1. The van der Waals surface area contributed by atoms with Crippen molar-refractivity contribution in [3.63, 3.8) is 0 Å². The molecule has 3 saturated heterocycles. The molecule has 35 heavy (non-hydrogen) atoms. The number of hydrogen-bond donors (Lipinski definition) is 0. The molecule has 3 fully saturated rings. The maximum absolute atomic E-state index is 12.5. The van der Waals surface area contributed by atoms with Gasteiger partial charge in [-0.25, -0.2) is 4.79 Å². The first-order valence-electron chi connectivity index (χ1n) is 13.7. The number of amides is 1. The molecule has 0 aliphatic carbocycles. The van der Waals surface area contributed by atoms with Gasteiger partial charge >= 0.3 is 6.09 Å². The van der Waals surface area contributed by atoms with E-state index < -0.39 is 5.60 Å². The van der Waals surface area contributed by atoms with E-state index in [4.69, 9.17) is 14.6 Å². The summed E-state index contributed by atoms with van der Waals surface area (Å²) in [7, 11) is 0. The Labute approximate surface area is 211 Å². The maximum atomic E-state index is 12.5. The Hall–Kier alpha value is -1.80. The normalized spacial score (nSPS) is 27.3. The predicted molar refractivity (Wildman–Crippen MR) is 139 cm³/mol. The predicted octanol–water partition coefficient (Wildman–Crippen LogP) is 4.48. The molecular formula is C27H47N5O3. The lowest BCUT2D eigenvalue weighted by molar-refractivity contribution is 0.0184. The molecule has 0 spiro atoms. The molecule has 0 N–H and O–H groups in total. The Morgan fingerprint density at radius 1 is 1.14 bits per heavy atom. The summed E-state index contributed by atoms with van der Waals surface area (Å²) in [6.07, 6.45) is 5.16. The second kappa shape index (κ2) is 10.7. The Balaban J connectivity index is 1.38. The Morgan fingerprint density at radius 3 is 2.46 bits per heavy atom. The van der Waals surface area contributed by atoms with E-state index >= 15 is 0 Å². The summed E-state index contributed by atoms with van der Waals surface area (Å²) in [6, 6.07) is 2.60. The molecule has 4 rings (SSSR count). The van der Waals surface area contributed by atoms with E-state index in [1.807, 2.05) is 25.7 Å². The van der Waals surface area contributed by atoms with Crippen LogP contribution in [0.1, 0.15) is 78.5 Å². The van der Waals surface area contributed by atoms with Crippen LogP contribution in [0.15, 0.2) is 6.07 Å². The fourth-order valence-electron chi connectivity index (χ4n) is 6.04. The van der Waals surface area contributed by atoms with Crippen LogP contribution in [-0.4, -0.2) is 89.3 Å². The van der Waals surface area contributed by atoms with Crippen LogP contribution in [0.5, 0.6) is 0 Å². The van der Waals surface area contributed by atoms with E-state index in [0.717, 1.165) is 63.8 Å². The molecule has 3 aliphatic heterocycles. The minimum Gasteiger partial charge on any atom is -0.444 e. The van der Waals surface area contributed by atoms with Gasteiger partial charge in [0.2, 0.25) is 0 Å². The fourth-order valence-corrected chi connectivity index (χ4v) is 6.04. The van der Waals surface area contributed by atoms with Crippen molar-refractivity contribution in [3.05, 3.63) is 11.8 Å². The average molecular weight is 490 g/mol. The third-order valence-electron chi connectivity index (χ3n) is 8.17. The van der Waals surface area contributed by atoms with Gasteiger partial charge < -0.3 is 19.3 Å². The summed E-state index contributed by atoms with van der Waals surface area (Å²) in [5, 5.41) is 5.15. The zero-order valence-corrected chi connectivity index (χ0v) is 22.9. The number of ether oxygens (including phenoxy) is 2. The lowest BCUT2D eigenvalue weighted by Crippen LogP contribution is -2.54. The molecule has 3 aliphatic rings. The van der Waals surface area contributed by atoms with Gasteiger partial charge in [-0.1, -0.05) is 6.92 Å². The number of aryl methyl sites for hydroxylation is 1. The SMILES string of the molecule is CCC1(C)CC(CN2CCOCC2)CCN1c1cc(C)n(C2CCN(C(=O)OC(C)(C)C)CC2)n1. The van der Waals surface area contributed by atoms with Crippen LogP contribution in [0.3, 0.4) is 0 Å². The van der Waals surface area contributed by atoms with Crippen molar-refractivity contribution in [1.29, 1.82) is 0 Å². The highest BCUT2D eigenvalue weighted by Crippen LogP contribution is 2.38. The van der Waals surface area contributed by atoms with Crippen molar-refractivity contribution in [2.24, 2.45) is 5.92 Å². The summed E-state index contributed by atoms with van der Waals surface area (Å²) in [5.74, 6) is 1.85. The van der Waals surface area contributed by atoms with E-state index in [9.17, 15) is 4.79 Å². The Bertz CT molecular complexity index is 851. The van der Waals surface area contributed by atoms with E-state index in [0.29, 0.717) is 19.1 Å². The number of rotatable bonds is 5. The summed E-state index contributed by atoms with van der Waals surface area (Å²) in [4.78, 5) is 19.5. The van der Waals surface area contributed by atoms with E-state index in [1.165, 1.54) is 25.1 Å². The van der Waals surface area contributed by atoms with Crippen LogP contribution < -0.4 is 4.90 Å². The summed E-state index contributed by atoms with van der Waals surface area (Å²) in [6.45, 7) is 20.2. The van der Waals surface area contributed by atoms with Gasteiger partial charge in [-0.2, -0.15) is 5.10 Å². The van der Waals surface area contributed by atoms with Gasteiger partial charge in [-0.05, 0) is 72.6 Å². The van der Waals surface area contributed by atoms with Crippen LogP contribution in [0.2, 0.25) is 0 Å². The van der Waals surface area contributed by atoms with Gasteiger partial charge in [0.25, 0.3) is 0 Å². The van der Waals surface area contributed by atoms with Crippen LogP contribution in [0.4, 0.5) is 10.6 Å². The number of morpholine rings is 1. The number of nitrogens with zero attached hydrogens (tertiary/aromatic N) is 5. The first-order valence-corrected chi connectivity index (χ1v) is 13.7. The minimum absolute atomic E-state index is 0.126. The topological polar surface area (TPSA) is 63.1 Å². The highest BCUT2D eigenvalue weighted by molar-refractivity contribution is 5.68. The Kier molecular flexibility index (Phi) is 8.01. The maximum Gasteiger partial charge on any atom is 0.410 e. The molecular weight excluding hydrogens is 442 g/mol. The van der Waals surface area contributed by atoms with E-state index in [-0.39, 0.29) is 11.6 Å². The summed E-state index contributed by atoms with van der Waals surface area (Å²) in [5.41, 5.74) is 0.883. The van der Waals surface area contributed by atoms with Crippen LogP contribution in [0.25, 0.3) is 0 Å². The molecule has 0 aromatic carbocycles. The van der Waals surface area contributed by atoms with Crippen molar-refractivity contribution in [3.8, 4) is 0 Å². The lowest BCUT2D eigenvalue weighted by Gasteiger charge is -2.48. The van der Waals surface area contributed by atoms with Gasteiger partial charge in [-0.15, -0.1) is 0 Å². The third kappa shape index (κ3) is 6.31. The smallest absolute Gasteiger partial charge is 0.410 e. The third-order valence-corrected chi connectivity index (χ3v) is 8.17. The van der Waals surface area contributed by atoms with Crippen LogP contribution >= 0.6 is 0 Å². The second-order valence-corrected chi connectivity index (χ2v) is 12.1. The quantitative estimate of drug-likeness (QED) is 0.608. The molecule has 2 atom stereocenters. The summed E-state index contributed by atoms with van der Waals surface area (Å²) >= 11 is 0. The first-order chi connectivity index (χ1) is 16.6. The number of carbonyl (C=O) groups is 1. The zero-order chi connectivity index (χ0) is 25.2. The average Bonchev–Trinajstić information content (AvgIpc) is 3.20. The number of piperidine rings is 2. The molecule has 0 saturated carbocycles. The van der Waals surface area contributed by atoms with Crippen molar-refractivity contribution < 1.29 is 14.3 Å². The summed E-state index contributed by atoms with van der Waals surface area (Å²) < 4.78 is 13.3. The Morgan fingerprint density at radius 2 is 1.83 bits per heavy atom. The minimum atomic E-state index is -0.455. The monoisotopic (exact) mass is 489 g/mol. The molecule has 4 heterocycles. The van der Waals surface area contributed by atoms with Crippen molar-refractivity contribution in [1.82, 2.24) is 19.6 Å². The van der Waals surface area contributed by atoms with Gasteiger partial charge in [0.1, 0.15) is 5.60 Å². The van der Waals surface area contributed by atoms with Gasteiger partial charge in [0, 0.05) is 56.6 Å². The zero-order valence-electron chi connectivity index (χ0n) is 22.9. The molecule has 8 nitrogen and oxygen atoms in total. The first kappa shape index (κ1) is 26.3. The van der Waals surface area contributed by atoms with Crippen LogP contribution in [0, 0.1) is 12.8 Å². The molecule has 1 amide bonds. The van der Waals surface area contributed by atoms with Crippen molar-refractivity contribution in [2.45, 2.75) is 90.8 Å². The molecule has 0 radical (unpaired) electrons. The molecule has 8 heteroatoms. The highest BCUT2D eigenvalue weighted by Gasteiger charge is 2.39. The van der Waals surface area contributed by atoms with Gasteiger partial charge in [0.05, 0.1) is 19.3 Å². The number of aromatic nitrogens is 2. The molecule has 0 bridgehead atoms. The molecule has 1 aromatic heterocycles. The number of carbonyl (C=O) groups excluding carboxylic acids is 1. The lowest BCUT2D eigenvalue weighted by atomic mass is 9.79. The number of hydrogen-bond acceptors (Lipinski definition) is 6. The van der Waals surface area contributed by atoms with E-state index in [2.05, 4.69) is 41.3 Å². The largest absolute Gasteiger partial charge is 0.444 e. The van der Waals surface area contributed by atoms with Gasteiger partial charge in [-0.3, -0.25) is 9.58 Å². The highest BCUT2D eigenvalue weighted by atomic mass is 16.6. The van der Waals surface area contributed by atoms with Crippen LogP contribution in [-0.2, 0) is 9.47 Å². The van der Waals surface area contributed by atoms with Gasteiger partial charge in [0.15, 0.2) is 5.82 Å². The molecule has 198 valence electrons. The van der Waals surface area contributed by atoms with E-state index in [1.54, 1.807) is 0 Å².